The number of nitrogens with one attached hydrogen (secondary N) is 1. The lowest BCUT2D eigenvalue weighted by Gasteiger charge is -2.10. The molecule has 0 radical (unpaired) electrons. The summed E-state index contributed by atoms with van der Waals surface area (Å²) in [6.07, 6.45) is 0. The summed E-state index contributed by atoms with van der Waals surface area (Å²) in [5.74, 6) is -0.0643. The molecule has 0 spiro atoms. The Kier molecular flexibility index (Phi) is 5.50. The molecule has 2 aromatic carbocycles. The second-order valence-electron chi connectivity index (χ2n) is 6.71. The maximum atomic E-state index is 12.9. The van der Waals surface area contributed by atoms with Crippen molar-refractivity contribution in [3.05, 3.63) is 59.6 Å². The molecule has 0 bridgehead atoms. The molecule has 2 aromatic heterocycles. The van der Waals surface area contributed by atoms with Crippen molar-refractivity contribution in [2.24, 2.45) is 0 Å². The van der Waals surface area contributed by atoms with E-state index in [9.17, 15) is 16.8 Å². The van der Waals surface area contributed by atoms with Gasteiger partial charge in [-0.05, 0) is 49.4 Å². The number of thiazole rings is 1. The summed E-state index contributed by atoms with van der Waals surface area (Å²) in [6, 6.07) is 14.4. The average molecular weight is 475 g/mol. The van der Waals surface area contributed by atoms with Crippen LogP contribution in [0.4, 0.5) is 5.69 Å². The van der Waals surface area contributed by atoms with Gasteiger partial charge in [-0.2, -0.15) is 0 Å². The van der Waals surface area contributed by atoms with E-state index in [1.54, 1.807) is 42.5 Å². The van der Waals surface area contributed by atoms with Crippen LogP contribution in [0.2, 0.25) is 0 Å². The molecule has 0 aliphatic carbocycles. The van der Waals surface area contributed by atoms with Crippen molar-refractivity contribution in [3.63, 3.8) is 0 Å². The summed E-state index contributed by atoms with van der Waals surface area (Å²) in [4.78, 5) is 4.49. The van der Waals surface area contributed by atoms with Crippen LogP contribution in [0.3, 0.4) is 0 Å². The maximum absolute atomic E-state index is 12.9. The van der Waals surface area contributed by atoms with Gasteiger partial charge >= 0.3 is 0 Å². The summed E-state index contributed by atoms with van der Waals surface area (Å²) in [5.41, 5.74) is 2.14. The number of aromatic nitrogens is 3. The van der Waals surface area contributed by atoms with E-state index in [4.69, 9.17) is 0 Å². The fraction of sp³-hybridized carbons (Fsp3) is 0.150. The van der Waals surface area contributed by atoms with E-state index in [1.807, 2.05) is 6.92 Å². The van der Waals surface area contributed by atoms with Crippen molar-refractivity contribution < 1.29 is 16.8 Å². The van der Waals surface area contributed by atoms with Crippen LogP contribution < -0.4 is 4.72 Å². The first kappa shape index (κ1) is 21.3. The number of aryl methyl sites for hydroxylation is 1. The molecular formula is C20H18N4O4S3. The quantitative estimate of drug-likeness (QED) is 0.453. The van der Waals surface area contributed by atoms with Crippen LogP contribution in [-0.4, -0.2) is 37.8 Å². The molecule has 2 heterocycles. The van der Waals surface area contributed by atoms with E-state index in [2.05, 4.69) is 19.9 Å². The molecule has 0 saturated carbocycles. The second-order valence-corrected chi connectivity index (χ2v) is 11.9. The van der Waals surface area contributed by atoms with Gasteiger partial charge in [-0.1, -0.05) is 19.1 Å². The number of hydrogen-bond donors (Lipinski definition) is 1. The van der Waals surface area contributed by atoms with Crippen LogP contribution >= 0.6 is 11.3 Å². The highest BCUT2D eigenvalue weighted by Crippen LogP contribution is 2.27. The number of nitrogens with zero attached hydrogens (tertiary/aromatic N) is 3. The monoisotopic (exact) mass is 474 g/mol. The van der Waals surface area contributed by atoms with Crippen LogP contribution in [0.25, 0.3) is 21.5 Å². The predicted octanol–water partition coefficient (Wildman–Crippen LogP) is 3.66. The number of fused-ring (bicyclic) bond motifs is 1. The molecule has 0 unspecified atom stereocenters. The molecule has 160 valence electrons. The number of sulfonamides is 1. The molecule has 1 N–H and O–H groups in total. The first-order chi connectivity index (χ1) is 14.7. The van der Waals surface area contributed by atoms with Crippen molar-refractivity contribution >= 4 is 47.1 Å². The lowest BCUT2D eigenvalue weighted by Crippen LogP contribution is -2.12. The highest BCUT2D eigenvalue weighted by molar-refractivity contribution is 7.92. The SMILES string of the molecule is CCS(=O)(=O)c1ccc(-c2cccc(NS(=O)(=O)c3ccc4nc(C)sc4c3)c2)nn1. The molecule has 0 aliphatic rings. The van der Waals surface area contributed by atoms with Gasteiger partial charge in [0.15, 0.2) is 14.9 Å². The molecule has 4 aromatic rings. The molecule has 0 atom stereocenters. The first-order valence-electron chi connectivity index (χ1n) is 9.25. The van der Waals surface area contributed by atoms with Crippen LogP contribution in [0.1, 0.15) is 11.9 Å². The number of hydrogen-bond acceptors (Lipinski definition) is 8. The van der Waals surface area contributed by atoms with E-state index in [1.165, 1.54) is 30.4 Å². The minimum Gasteiger partial charge on any atom is -0.280 e. The van der Waals surface area contributed by atoms with E-state index >= 15 is 0 Å². The zero-order valence-electron chi connectivity index (χ0n) is 16.6. The normalized spacial score (nSPS) is 12.2. The number of rotatable bonds is 6. The van der Waals surface area contributed by atoms with Gasteiger partial charge in [0.2, 0.25) is 0 Å². The molecule has 0 aliphatic heterocycles. The molecule has 4 rings (SSSR count). The molecule has 8 nitrogen and oxygen atoms in total. The fourth-order valence-corrected chi connectivity index (χ4v) is 5.68. The molecule has 0 fully saturated rings. The Morgan fingerprint density at radius 3 is 2.48 bits per heavy atom. The van der Waals surface area contributed by atoms with Crippen molar-refractivity contribution in [2.75, 3.05) is 10.5 Å². The van der Waals surface area contributed by atoms with Gasteiger partial charge < -0.3 is 0 Å². The number of sulfone groups is 1. The zero-order chi connectivity index (χ0) is 22.2. The summed E-state index contributed by atoms with van der Waals surface area (Å²) < 4.78 is 52.9. The Hall–Kier alpha value is -2.89. The van der Waals surface area contributed by atoms with Crippen molar-refractivity contribution in [1.29, 1.82) is 0 Å². The first-order valence-corrected chi connectivity index (χ1v) is 13.2. The molecule has 11 heteroatoms. The van der Waals surface area contributed by atoms with Gasteiger partial charge in [0.25, 0.3) is 10.0 Å². The Bertz CT molecular complexity index is 1480. The van der Waals surface area contributed by atoms with Crippen molar-refractivity contribution in [1.82, 2.24) is 15.2 Å². The van der Waals surface area contributed by atoms with Gasteiger partial charge in [0.05, 0.1) is 31.6 Å². The molecule has 0 saturated heterocycles. The maximum Gasteiger partial charge on any atom is 0.261 e. The smallest absolute Gasteiger partial charge is 0.261 e. The summed E-state index contributed by atoms with van der Waals surface area (Å²) in [5, 5.41) is 8.55. The fourth-order valence-electron chi connectivity index (χ4n) is 2.93. The van der Waals surface area contributed by atoms with E-state index < -0.39 is 19.9 Å². The summed E-state index contributed by atoms with van der Waals surface area (Å²) >= 11 is 1.43. The highest BCUT2D eigenvalue weighted by atomic mass is 32.2. The predicted molar refractivity (Wildman–Crippen MR) is 120 cm³/mol. The third-order valence-electron chi connectivity index (χ3n) is 4.53. The number of benzene rings is 2. The van der Waals surface area contributed by atoms with Crippen LogP contribution in [-0.2, 0) is 19.9 Å². The van der Waals surface area contributed by atoms with Gasteiger partial charge in [-0.3, -0.25) is 4.72 Å². The Labute approximate surface area is 184 Å². The minimum absolute atomic E-state index is 0.0643. The Morgan fingerprint density at radius 2 is 1.77 bits per heavy atom. The standard InChI is InChI=1S/C20H18N4O4S3/c1-3-30(25,26)20-10-9-17(22-23-20)14-5-4-6-15(11-14)24-31(27,28)16-7-8-18-19(12-16)29-13(2)21-18/h4-12,24H,3H2,1-2H3. The summed E-state index contributed by atoms with van der Waals surface area (Å²) in [6.45, 7) is 3.41. The Morgan fingerprint density at radius 1 is 0.968 bits per heavy atom. The van der Waals surface area contributed by atoms with Gasteiger partial charge in [-0.25, -0.2) is 21.8 Å². The molecular weight excluding hydrogens is 456 g/mol. The van der Waals surface area contributed by atoms with Crippen LogP contribution in [0.5, 0.6) is 0 Å². The lowest BCUT2D eigenvalue weighted by molar-refractivity contribution is 0.591. The van der Waals surface area contributed by atoms with Gasteiger partial charge in [0.1, 0.15) is 0 Å². The largest absolute Gasteiger partial charge is 0.280 e. The van der Waals surface area contributed by atoms with Crippen molar-refractivity contribution in [2.45, 2.75) is 23.8 Å². The van der Waals surface area contributed by atoms with Crippen LogP contribution in [0, 0.1) is 6.92 Å². The zero-order valence-corrected chi connectivity index (χ0v) is 19.1. The topological polar surface area (TPSA) is 119 Å². The molecule has 0 amide bonds. The third kappa shape index (κ3) is 4.43. The minimum atomic E-state index is -3.81. The van der Waals surface area contributed by atoms with Gasteiger partial charge in [0, 0.05) is 11.3 Å². The average Bonchev–Trinajstić information content (AvgIpc) is 3.13. The van der Waals surface area contributed by atoms with Gasteiger partial charge in [-0.15, -0.1) is 21.5 Å². The van der Waals surface area contributed by atoms with Crippen molar-refractivity contribution in [3.8, 4) is 11.3 Å². The molecule has 31 heavy (non-hydrogen) atoms. The van der Waals surface area contributed by atoms with E-state index in [0.29, 0.717) is 16.9 Å². The van der Waals surface area contributed by atoms with E-state index in [0.717, 1.165) is 15.2 Å². The van der Waals surface area contributed by atoms with E-state index in [-0.39, 0.29) is 15.7 Å². The summed E-state index contributed by atoms with van der Waals surface area (Å²) in [7, 11) is -7.25. The van der Waals surface area contributed by atoms with Crippen LogP contribution in [0.15, 0.2) is 64.5 Å². The second kappa shape index (κ2) is 7.98. The third-order valence-corrected chi connectivity index (χ3v) is 8.45. The number of anilines is 1. The lowest BCUT2D eigenvalue weighted by atomic mass is 10.1. The highest BCUT2D eigenvalue weighted by Gasteiger charge is 2.17. The Balaban J connectivity index is 1.61.